The third-order valence-electron chi connectivity index (χ3n) is 2.61. The van der Waals surface area contributed by atoms with Gasteiger partial charge in [0.1, 0.15) is 0 Å². The molecule has 0 aliphatic rings. The average molecular weight is 397 g/mol. The molecule has 0 aromatic rings. The Balaban J connectivity index is 0. The maximum atomic E-state index is 5.51. The number of guanidine groups is 1. The lowest BCUT2D eigenvalue weighted by atomic mass is 10.3. The van der Waals surface area contributed by atoms with Crippen molar-refractivity contribution >= 4 is 29.9 Å². The lowest BCUT2D eigenvalue weighted by molar-refractivity contribution is 0.0782. The highest BCUT2D eigenvalue weighted by Crippen LogP contribution is 1.96. The van der Waals surface area contributed by atoms with E-state index in [0.29, 0.717) is 6.10 Å². The fraction of sp³-hybridized carbons (Fsp3) is 0.800. The zero-order valence-electron chi connectivity index (χ0n) is 13.5. The summed E-state index contributed by atoms with van der Waals surface area (Å²) in [6.07, 6.45) is 5.39. The van der Waals surface area contributed by atoms with Crippen LogP contribution in [-0.4, -0.2) is 50.3 Å². The first kappa shape index (κ1) is 22.0. The third kappa shape index (κ3) is 12.7. The summed E-state index contributed by atoms with van der Waals surface area (Å²) in [5.41, 5.74) is 0. The number of nitrogens with one attached hydrogen (secondary N) is 1. The van der Waals surface area contributed by atoms with E-state index in [1.54, 1.807) is 0 Å². The monoisotopic (exact) mass is 397 g/mol. The average Bonchev–Trinajstić information content (AvgIpc) is 2.37. The highest BCUT2D eigenvalue weighted by Gasteiger charge is 2.04. The van der Waals surface area contributed by atoms with Crippen LogP contribution in [0.1, 0.15) is 40.0 Å². The lowest BCUT2D eigenvalue weighted by Crippen LogP contribution is -2.39. The molecule has 0 heterocycles. The molecule has 0 spiro atoms. The summed E-state index contributed by atoms with van der Waals surface area (Å²) < 4.78 is 5.51. The van der Waals surface area contributed by atoms with Crippen molar-refractivity contribution < 1.29 is 4.74 Å². The standard InChI is InChI=1S/C15H31N3O.HI/c1-6-8-9-12-18(5)15(16-7-2)17-11-10-13-19-14(3)4;/h6,14H,1,7-13H2,2-5H3,(H,16,17);1H. The van der Waals surface area contributed by atoms with E-state index in [9.17, 15) is 0 Å². The maximum Gasteiger partial charge on any atom is 0.193 e. The molecule has 0 fully saturated rings. The van der Waals surface area contributed by atoms with Crippen LogP contribution >= 0.6 is 24.0 Å². The van der Waals surface area contributed by atoms with E-state index in [-0.39, 0.29) is 24.0 Å². The molecule has 0 amide bonds. The van der Waals surface area contributed by atoms with Crippen molar-refractivity contribution in [1.82, 2.24) is 10.2 Å². The van der Waals surface area contributed by atoms with Gasteiger partial charge in [-0.1, -0.05) is 6.08 Å². The van der Waals surface area contributed by atoms with Gasteiger partial charge in [0, 0.05) is 33.3 Å². The van der Waals surface area contributed by atoms with Gasteiger partial charge in [0.15, 0.2) is 5.96 Å². The van der Waals surface area contributed by atoms with Crippen molar-refractivity contribution in [3.8, 4) is 0 Å². The molecule has 0 saturated carbocycles. The number of hydrogen-bond acceptors (Lipinski definition) is 2. The minimum Gasteiger partial charge on any atom is -0.379 e. The molecule has 1 N–H and O–H groups in total. The minimum absolute atomic E-state index is 0. The van der Waals surface area contributed by atoms with E-state index < -0.39 is 0 Å². The predicted molar refractivity (Wildman–Crippen MR) is 99.2 cm³/mol. The molecule has 0 atom stereocenters. The Morgan fingerprint density at radius 3 is 2.65 bits per heavy atom. The second-order valence-electron chi connectivity index (χ2n) is 4.86. The van der Waals surface area contributed by atoms with Gasteiger partial charge in [-0.05, 0) is 40.0 Å². The molecule has 0 bridgehead atoms. The van der Waals surface area contributed by atoms with Crippen LogP contribution in [0.2, 0.25) is 0 Å². The molecule has 20 heavy (non-hydrogen) atoms. The maximum absolute atomic E-state index is 5.51. The highest BCUT2D eigenvalue weighted by molar-refractivity contribution is 14.0. The molecule has 0 saturated heterocycles. The van der Waals surface area contributed by atoms with Gasteiger partial charge in [-0.2, -0.15) is 0 Å². The first-order chi connectivity index (χ1) is 9.11. The van der Waals surface area contributed by atoms with Gasteiger partial charge < -0.3 is 15.0 Å². The molecular formula is C15H32IN3O. The quantitative estimate of drug-likeness (QED) is 0.202. The lowest BCUT2D eigenvalue weighted by Gasteiger charge is -2.21. The first-order valence-corrected chi connectivity index (χ1v) is 7.33. The topological polar surface area (TPSA) is 36.9 Å². The van der Waals surface area contributed by atoms with E-state index in [0.717, 1.165) is 51.5 Å². The van der Waals surface area contributed by atoms with Crippen molar-refractivity contribution in [2.24, 2.45) is 4.99 Å². The van der Waals surface area contributed by atoms with E-state index in [1.165, 1.54) is 0 Å². The van der Waals surface area contributed by atoms with Crippen LogP contribution in [0.5, 0.6) is 0 Å². The minimum atomic E-state index is 0. The molecule has 0 aliphatic heterocycles. The number of unbranched alkanes of at least 4 members (excludes halogenated alkanes) is 1. The molecule has 5 heteroatoms. The van der Waals surface area contributed by atoms with Crippen LogP contribution in [0.25, 0.3) is 0 Å². The molecule has 4 nitrogen and oxygen atoms in total. The second kappa shape index (κ2) is 15.1. The van der Waals surface area contributed by atoms with E-state index in [2.05, 4.69) is 49.6 Å². The SMILES string of the molecule is C=CCCCN(C)C(=NCCCOC(C)C)NCC.I. The molecule has 120 valence electrons. The van der Waals surface area contributed by atoms with Crippen LogP contribution in [0.3, 0.4) is 0 Å². The number of ether oxygens (including phenoxy) is 1. The third-order valence-corrected chi connectivity index (χ3v) is 2.61. The van der Waals surface area contributed by atoms with Crippen molar-refractivity contribution in [2.45, 2.75) is 46.1 Å². The van der Waals surface area contributed by atoms with Crippen LogP contribution in [0.4, 0.5) is 0 Å². The molecule has 0 aliphatic carbocycles. The summed E-state index contributed by atoms with van der Waals surface area (Å²) in [4.78, 5) is 6.79. The molecule has 0 aromatic heterocycles. The number of nitrogens with zero attached hydrogens (tertiary/aromatic N) is 2. The largest absolute Gasteiger partial charge is 0.379 e. The number of rotatable bonds is 10. The Kier molecular flexibility index (Phi) is 16.6. The molecule has 0 rings (SSSR count). The Labute approximate surface area is 142 Å². The van der Waals surface area contributed by atoms with E-state index >= 15 is 0 Å². The van der Waals surface area contributed by atoms with Gasteiger partial charge in [-0.15, -0.1) is 30.6 Å². The summed E-state index contributed by atoms with van der Waals surface area (Å²) in [5, 5.41) is 3.32. The summed E-state index contributed by atoms with van der Waals surface area (Å²) in [7, 11) is 2.08. The van der Waals surface area contributed by atoms with Crippen LogP contribution < -0.4 is 5.32 Å². The van der Waals surface area contributed by atoms with Crippen molar-refractivity contribution in [1.29, 1.82) is 0 Å². The van der Waals surface area contributed by atoms with E-state index in [4.69, 9.17) is 4.74 Å². The van der Waals surface area contributed by atoms with Crippen LogP contribution in [-0.2, 0) is 4.74 Å². The van der Waals surface area contributed by atoms with Gasteiger partial charge in [-0.25, -0.2) is 0 Å². The number of aliphatic imine (C=N–C) groups is 1. The smallest absolute Gasteiger partial charge is 0.193 e. The van der Waals surface area contributed by atoms with Gasteiger partial charge in [0.2, 0.25) is 0 Å². The van der Waals surface area contributed by atoms with Crippen LogP contribution in [0.15, 0.2) is 17.6 Å². The fourth-order valence-electron chi connectivity index (χ4n) is 1.62. The summed E-state index contributed by atoms with van der Waals surface area (Å²) in [5.74, 6) is 0.983. The zero-order chi connectivity index (χ0) is 14.5. The number of allylic oxidation sites excluding steroid dienone is 1. The predicted octanol–water partition coefficient (Wildman–Crippen LogP) is 3.28. The highest BCUT2D eigenvalue weighted by atomic mass is 127. The second-order valence-corrected chi connectivity index (χ2v) is 4.86. The molecule has 0 aromatic carbocycles. The summed E-state index contributed by atoms with van der Waals surface area (Å²) >= 11 is 0. The molecular weight excluding hydrogens is 365 g/mol. The normalized spacial score (nSPS) is 11.2. The first-order valence-electron chi connectivity index (χ1n) is 7.33. The summed E-state index contributed by atoms with van der Waals surface area (Å²) in [6.45, 7) is 13.4. The Bertz CT molecular complexity index is 258. The van der Waals surface area contributed by atoms with Gasteiger partial charge in [-0.3, -0.25) is 4.99 Å². The number of hydrogen-bond donors (Lipinski definition) is 1. The zero-order valence-corrected chi connectivity index (χ0v) is 15.9. The fourth-order valence-corrected chi connectivity index (χ4v) is 1.62. The van der Waals surface area contributed by atoms with Crippen molar-refractivity contribution in [2.75, 3.05) is 33.3 Å². The Hall–Kier alpha value is -0.300. The van der Waals surface area contributed by atoms with E-state index in [1.807, 2.05) is 6.08 Å². The Morgan fingerprint density at radius 2 is 2.10 bits per heavy atom. The molecule has 0 radical (unpaired) electrons. The summed E-state index contributed by atoms with van der Waals surface area (Å²) in [6, 6.07) is 0. The number of halogens is 1. The van der Waals surface area contributed by atoms with Crippen molar-refractivity contribution in [3.05, 3.63) is 12.7 Å². The van der Waals surface area contributed by atoms with Gasteiger partial charge >= 0.3 is 0 Å². The van der Waals surface area contributed by atoms with Crippen LogP contribution in [0, 0.1) is 0 Å². The Morgan fingerprint density at radius 1 is 1.40 bits per heavy atom. The van der Waals surface area contributed by atoms with Gasteiger partial charge in [0.25, 0.3) is 0 Å². The van der Waals surface area contributed by atoms with Crippen molar-refractivity contribution in [3.63, 3.8) is 0 Å². The molecule has 0 unspecified atom stereocenters. The van der Waals surface area contributed by atoms with Gasteiger partial charge in [0.05, 0.1) is 6.10 Å².